The van der Waals surface area contributed by atoms with E-state index in [9.17, 15) is 9.59 Å². The van der Waals surface area contributed by atoms with Crippen LogP contribution in [0.2, 0.25) is 0 Å². The SMILES string of the molecule is O=C(O)C[C@H](Cc1ccsc1)NC(=O)OCC1c2ccccc2-c2ccccc21. The first-order chi connectivity index (χ1) is 14.1. The highest BCUT2D eigenvalue weighted by atomic mass is 32.1. The molecule has 1 aliphatic rings. The summed E-state index contributed by atoms with van der Waals surface area (Å²) in [6.45, 7) is 0.206. The fraction of sp³-hybridized carbons (Fsp3) is 0.217. The van der Waals surface area contributed by atoms with Gasteiger partial charge in [-0.15, -0.1) is 0 Å². The Morgan fingerprint density at radius 1 is 1.03 bits per heavy atom. The third kappa shape index (κ3) is 4.32. The zero-order valence-electron chi connectivity index (χ0n) is 15.7. The molecule has 0 saturated heterocycles. The summed E-state index contributed by atoms with van der Waals surface area (Å²) in [4.78, 5) is 23.6. The number of alkyl carbamates (subject to hydrolysis) is 1. The number of ether oxygens (including phenoxy) is 1. The van der Waals surface area contributed by atoms with Crippen LogP contribution in [0.1, 0.15) is 29.0 Å². The Balaban J connectivity index is 1.43. The molecule has 0 spiro atoms. The second-order valence-electron chi connectivity index (χ2n) is 7.10. The van der Waals surface area contributed by atoms with Crippen molar-refractivity contribution in [2.75, 3.05) is 6.61 Å². The normalized spacial score (nSPS) is 13.4. The maximum atomic E-state index is 12.4. The molecule has 2 N–H and O–H groups in total. The number of carboxylic acids is 1. The molecule has 0 aliphatic heterocycles. The molecule has 0 unspecified atom stereocenters. The highest BCUT2D eigenvalue weighted by Crippen LogP contribution is 2.44. The molecule has 1 heterocycles. The minimum atomic E-state index is -0.954. The molecular formula is C23H21NO4S. The summed E-state index contributed by atoms with van der Waals surface area (Å²) in [5.41, 5.74) is 5.61. The van der Waals surface area contributed by atoms with Crippen molar-refractivity contribution in [2.24, 2.45) is 0 Å². The van der Waals surface area contributed by atoms with Gasteiger partial charge in [-0.05, 0) is 51.1 Å². The molecule has 1 amide bonds. The van der Waals surface area contributed by atoms with Gasteiger partial charge in [0.15, 0.2) is 0 Å². The number of hydrogen-bond donors (Lipinski definition) is 2. The van der Waals surface area contributed by atoms with E-state index in [0.717, 1.165) is 16.7 Å². The average Bonchev–Trinajstić information content (AvgIpc) is 3.32. The van der Waals surface area contributed by atoms with Crippen LogP contribution < -0.4 is 5.32 Å². The molecule has 1 atom stereocenters. The molecule has 1 aromatic heterocycles. The summed E-state index contributed by atoms with van der Waals surface area (Å²) in [5.74, 6) is -0.980. The first-order valence-corrected chi connectivity index (χ1v) is 10.4. The van der Waals surface area contributed by atoms with E-state index >= 15 is 0 Å². The van der Waals surface area contributed by atoms with Crippen LogP contribution in [0.15, 0.2) is 65.4 Å². The van der Waals surface area contributed by atoms with E-state index in [1.54, 1.807) is 11.3 Å². The molecule has 1 aliphatic carbocycles. The smallest absolute Gasteiger partial charge is 0.407 e. The van der Waals surface area contributed by atoms with Crippen molar-refractivity contribution in [3.63, 3.8) is 0 Å². The molecule has 2 aromatic carbocycles. The molecule has 29 heavy (non-hydrogen) atoms. The van der Waals surface area contributed by atoms with Crippen LogP contribution in [0.5, 0.6) is 0 Å². The van der Waals surface area contributed by atoms with Gasteiger partial charge in [0, 0.05) is 12.0 Å². The minimum Gasteiger partial charge on any atom is -0.481 e. The van der Waals surface area contributed by atoms with Gasteiger partial charge in [0.25, 0.3) is 0 Å². The number of amides is 1. The molecule has 4 rings (SSSR count). The van der Waals surface area contributed by atoms with Crippen LogP contribution in [0, 0.1) is 0 Å². The van der Waals surface area contributed by atoms with Crippen LogP contribution >= 0.6 is 11.3 Å². The summed E-state index contributed by atoms with van der Waals surface area (Å²) in [6, 6.07) is 17.7. The summed E-state index contributed by atoms with van der Waals surface area (Å²) in [6.07, 6.45) is -0.284. The van der Waals surface area contributed by atoms with Crippen molar-refractivity contribution in [1.29, 1.82) is 0 Å². The van der Waals surface area contributed by atoms with Crippen LogP contribution in [0.4, 0.5) is 4.79 Å². The number of carbonyl (C=O) groups is 2. The standard InChI is InChI=1S/C23H21NO4S/c25-22(26)12-16(11-15-9-10-29-14-15)24-23(27)28-13-21-19-7-3-1-5-17(19)18-6-2-4-8-20(18)21/h1-10,14,16,21H,11-13H2,(H,24,27)(H,25,26)/t16-/m0/s1. The van der Waals surface area contributed by atoms with Crippen LogP contribution in [0.3, 0.4) is 0 Å². The van der Waals surface area contributed by atoms with E-state index in [2.05, 4.69) is 29.6 Å². The number of thiophene rings is 1. The lowest BCUT2D eigenvalue weighted by molar-refractivity contribution is -0.137. The predicted molar refractivity (Wildman–Crippen MR) is 112 cm³/mol. The lowest BCUT2D eigenvalue weighted by Gasteiger charge is -2.18. The molecule has 6 heteroatoms. The van der Waals surface area contributed by atoms with Crippen molar-refractivity contribution in [3.05, 3.63) is 82.0 Å². The van der Waals surface area contributed by atoms with E-state index in [1.807, 2.05) is 41.1 Å². The highest BCUT2D eigenvalue weighted by Gasteiger charge is 2.29. The number of rotatable bonds is 7. The summed E-state index contributed by atoms with van der Waals surface area (Å²) >= 11 is 1.54. The number of hydrogen-bond acceptors (Lipinski definition) is 4. The number of carbonyl (C=O) groups excluding carboxylic acids is 1. The number of aliphatic carboxylic acids is 1. The van der Waals surface area contributed by atoms with Crippen molar-refractivity contribution in [2.45, 2.75) is 24.8 Å². The third-order valence-electron chi connectivity index (χ3n) is 5.15. The maximum absolute atomic E-state index is 12.4. The Kier molecular flexibility index (Phi) is 5.62. The molecule has 3 aromatic rings. The zero-order valence-corrected chi connectivity index (χ0v) is 16.5. The van der Waals surface area contributed by atoms with Crippen LogP contribution in [-0.2, 0) is 16.0 Å². The number of benzene rings is 2. The molecule has 0 radical (unpaired) electrons. The fourth-order valence-electron chi connectivity index (χ4n) is 3.89. The monoisotopic (exact) mass is 407 g/mol. The van der Waals surface area contributed by atoms with Gasteiger partial charge < -0.3 is 15.2 Å². The van der Waals surface area contributed by atoms with E-state index in [4.69, 9.17) is 9.84 Å². The minimum absolute atomic E-state index is 0.0250. The van der Waals surface area contributed by atoms with Crippen LogP contribution in [0.25, 0.3) is 11.1 Å². The van der Waals surface area contributed by atoms with Gasteiger partial charge in [0.1, 0.15) is 6.61 Å². The second-order valence-corrected chi connectivity index (χ2v) is 7.88. The van der Waals surface area contributed by atoms with E-state index in [0.29, 0.717) is 6.42 Å². The van der Waals surface area contributed by atoms with Gasteiger partial charge >= 0.3 is 12.1 Å². The largest absolute Gasteiger partial charge is 0.481 e. The number of fused-ring (bicyclic) bond motifs is 3. The van der Waals surface area contributed by atoms with E-state index in [1.165, 1.54) is 11.1 Å². The Labute approximate surface area is 173 Å². The summed E-state index contributed by atoms with van der Waals surface area (Å²) in [7, 11) is 0. The second kappa shape index (κ2) is 8.49. The van der Waals surface area contributed by atoms with Gasteiger partial charge in [0.2, 0.25) is 0 Å². The van der Waals surface area contributed by atoms with Gasteiger partial charge in [-0.25, -0.2) is 4.79 Å². The van der Waals surface area contributed by atoms with Gasteiger partial charge in [-0.2, -0.15) is 11.3 Å². The molecule has 0 saturated carbocycles. The molecule has 0 bridgehead atoms. The van der Waals surface area contributed by atoms with Crippen molar-refractivity contribution < 1.29 is 19.4 Å². The first kappa shape index (κ1) is 19.2. The lowest BCUT2D eigenvalue weighted by atomic mass is 9.98. The number of nitrogens with one attached hydrogen (secondary N) is 1. The van der Waals surface area contributed by atoms with Crippen molar-refractivity contribution in [3.8, 4) is 11.1 Å². The van der Waals surface area contributed by atoms with E-state index in [-0.39, 0.29) is 18.9 Å². The van der Waals surface area contributed by atoms with E-state index < -0.39 is 18.1 Å². The lowest BCUT2D eigenvalue weighted by Crippen LogP contribution is -2.38. The van der Waals surface area contributed by atoms with Crippen LogP contribution in [-0.4, -0.2) is 29.8 Å². The zero-order chi connectivity index (χ0) is 20.2. The molecule has 0 fully saturated rings. The summed E-state index contributed by atoms with van der Waals surface area (Å²) in [5, 5.41) is 15.8. The quantitative estimate of drug-likeness (QED) is 0.597. The first-order valence-electron chi connectivity index (χ1n) is 9.46. The molecule has 148 valence electrons. The maximum Gasteiger partial charge on any atom is 0.407 e. The Bertz CT molecular complexity index is 970. The van der Waals surface area contributed by atoms with Crippen molar-refractivity contribution in [1.82, 2.24) is 5.32 Å². The van der Waals surface area contributed by atoms with Gasteiger partial charge in [0.05, 0.1) is 6.42 Å². The Hall–Kier alpha value is -3.12. The van der Waals surface area contributed by atoms with Gasteiger partial charge in [-0.3, -0.25) is 4.79 Å². The topological polar surface area (TPSA) is 75.6 Å². The highest BCUT2D eigenvalue weighted by molar-refractivity contribution is 7.07. The Morgan fingerprint density at radius 2 is 1.69 bits per heavy atom. The number of carboxylic acid groups (broad SMARTS) is 1. The predicted octanol–water partition coefficient (Wildman–Crippen LogP) is 4.67. The Morgan fingerprint density at radius 3 is 2.28 bits per heavy atom. The van der Waals surface area contributed by atoms with Gasteiger partial charge in [-0.1, -0.05) is 48.5 Å². The summed E-state index contributed by atoms with van der Waals surface area (Å²) < 4.78 is 5.53. The third-order valence-corrected chi connectivity index (χ3v) is 5.88. The molecular weight excluding hydrogens is 386 g/mol. The molecule has 5 nitrogen and oxygen atoms in total. The average molecular weight is 407 g/mol. The van der Waals surface area contributed by atoms with Crippen molar-refractivity contribution >= 4 is 23.4 Å². The fourth-order valence-corrected chi connectivity index (χ4v) is 4.57.